The zero-order chi connectivity index (χ0) is 21.1. The Morgan fingerprint density at radius 2 is 1.48 bits per heavy atom. The minimum absolute atomic E-state index is 0.491. The molecule has 0 bridgehead atoms. The number of thiophene rings is 1. The van der Waals surface area contributed by atoms with E-state index in [2.05, 4.69) is 4.98 Å². The van der Waals surface area contributed by atoms with Gasteiger partial charge in [0.05, 0.1) is 58.1 Å². The SMILES string of the molecule is COc1cc(-c2ncn(C(C)O)c2-c2scc(OC)c2OC)cc(OC)c1OC. The first-order chi connectivity index (χ1) is 14.0. The van der Waals surface area contributed by atoms with Crippen LogP contribution in [0.1, 0.15) is 13.2 Å². The molecule has 0 radical (unpaired) electrons. The Hall–Kier alpha value is -2.91. The quantitative estimate of drug-likeness (QED) is 0.593. The molecule has 0 aliphatic rings. The summed E-state index contributed by atoms with van der Waals surface area (Å²) in [5.74, 6) is 2.70. The van der Waals surface area contributed by atoms with Crippen LogP contribution in [-0.2, 0) is 0 Å². The first-order valence-electron chi connectivity index (χ1n) is 8.75. The average molecular weight is 420 g/mol. The molecule has 0 saturated carbocycles. The standard InChI is InChI=1S/C20H24N2O6S/c1-11(23)22-10-21-16(17(22)20-19(28-6)15(26-4)9-29-20)12-7-13(24-2)18(27-5)14(8-12)25-3/h7-11,23H,1-6H3. The third kappa shape index (κ3) is 3.58. The number of aromatic nitrogens is 2. The maximum absolute atomic E-state index is 10.3. The molecule has 2 aromatic heterocycles. The van der Waals surface area contributed by atoms with Gasteiger partial charge in [0, 0.05) is 10.9 Å². The summed E-state index contributed by atoms with van der Waals surface area (Å²) in [7, 11) is 7.83. The second-order valence-electron chi connectivity index (χ2n) is 6.06. The molecule has 8 nitrogen and oxygen atoms in total. The molecule has 0 amide bonds. The Labute approximate surface area is 173 Å². The van der Waals surface area contributed by atoms with Gasteiger partial charge in [-0.25, -0.2) is 4.98 Å². The summed E-state index contributed by atoms with van der Waals surface area (Å²) >= 11 is 1.44. The van der Waals surface area contributed by atoms with E-state index in [1.54, 1.807) is 53.4 Å². The first-order valence-corrected chi connectivity index (χ1v) is 9.63. The van der Waals surface area contributed by atoms with Crippen LogP contribution in [0.5, 0.6) is 28.7 Å². The number of imidazole rings is 1. The number of ether oxygens (including phenoxy) is 5. The van der Waals surface area contributed by atoms with Gasteiger partial charge in [-0.05, 0) is 19.1 Å². The van der Waals surface area contributed by atoms with Gasteiger partial charge in [0.1, 0.15) is 6.23 Å². The maximum atomic E-state index is 10.3. The molecule has 1 aromatic carbocycles. The molecular weight excluding hydrogens is 396 g/mol. The van der Waals surface area contributed by atoms with Crippen molar-refractivity contribution in [2.45, 2.75) is 13.2 Å². The zero-order valence-electron chi connectivity index (χ0n) is 17.2. The first kappa shape index (κ1) is 20.8. The molecule has 0 saturated heterocycles. The molecule has 3 rings (SSSR count). The van der Waals surface area contributed by atoms with E-state index in [1.165, 1.54) is 11.3 Å². The van der Waals surface area contributed by atoms with Crippen LogP contribution in [0.4, 0.5) is 0 Å². The van der Waals surface area contributed by atoms with Crippen LogP contribution in [0.25, 0.3) is 21.8 Å². The lowest BCUT2D eigenvalue weighted by atomic mass is 10.1. The highest BCUT2D eigenvalue weighted by atomic mass is 32.1. The van der Waals surface area contributed by atoms with Crippen molar-refractivity contribution < 1.29 is 28.8 Å². The number of hydrogen-bond acceptors (Lipinski definition) is 8. The number of hydrogen-bond donors (Lipinski definition) is 1. The van der Waals surface area contributed by atoms with Crippen LogP contribution >= 0.6 is 11.3 Å². The minimum atomic E-state index is -0.800. The van der Waals surface area contributed by atoms with Crippen molar-refractivity contribution in [3.05, 3.63) is 23.8 Å². The maximum Gasteiger partial charge on any atom is 0.203 e. The van der Waals surface area contributed by atoms with E-state index in [-0.39, 0.29) is 0 Å². The van der Waals surface area contributed by atoms with Gasteiger partial charge in [0.2, 0.25) is 5.75 Å². The summed E-state index contributed by atoms with van der Waals surface area (Å²) in [6.45, 7) is 1.67. The second kappa shape index (κ2) is 8.62. The molecule has 156 valence electrons. The predicted octanol–water partition coefficient (Wildman–Crippen LogP) is 3.83. The van der Waals surface area contributed by atoms with Crippen LogP contribution < -0.4 is 23.7 Å². The van der Waals surface area contributed by atoms with Gasteiger partial charge in [-0.2, -0.15) is 0 Å². The summed E-state index contributed by atoms with van der Waals surface area (Å²) in [5, 5.41) is 12.2. The smallest absolute Gasteiger partial charge is 0.203 e. The molecule has 9 heteroatoms. The summed E-state index contributed by atoms with van der Waals surface area (Å²) in [6, 6.07) is 3.63. The minimum Gasteiger partial charge on any atom is -0.493 e. The van der Waals surface area contributed by atoms with Crippen LogP contribution in [0, 0.1) is 0 Å². The zero-order valence-corrected chi connectivity index (χ0v) is 18.0. The molecular formula is C20H24N2O6S. The Bertz CT molecular complexity index is 970. The van der Waals surface area contributed by atoms with Gasteiger partial charge >= 0.3 is 0 Å². The number of aliphatic hydroxyl groups excluding tert-OH is 1. The molecule has 0 aliphatic carbocycles. The lowest BCUT2D eigenvalue weighted by molar-refractivity contribution is 0.126. The van der Waals surface area contributed by atoms with Gasteiger partial charge in [-0.3, -0.25) is 0 Å². The van der Waals surface area contributed by atoms with Gasteiger partial charge in [0.25, 0.3) is 0 Å². The van der Waals surface area contributed by atoms with Gasteiger partial charge in [-0.15, -0.1) is 11.3 Å². The third-order valence-corrected chi connectivity index (χ3v) is 5.43. The van der Waals surface area contributed by atoms with Crippen molar-refractivity contribution in [3.8, 4) is 50.6 Å². The van der Waals surface area contributed by atoms with E-state index < -0.39 is 6.23 Å². The van der Waals surface area contributed by atoms with E-state index in [1.807, 2.05) is 17.5 Å². The van der Waals surface area contributed by atoms with Crippen molar-refractivity contribution >= 4 is 11.3 Å². The van der Waals surface area contributed by atoms with E-state index in [4.69, 9.17) is 23.7 Å². The Kier molecular flexibility index (Phi) is 6.19. The second-order valence-corrected chi connectivity index (χ2v) is 6.94. The number of rotatable bonds is 8. The monoisotopic (exact) mass is 420 g/mol. The Morgan fingerprint density at radius 3 is 1.97 bits per heavy atom. The van der Waals surface area contributed by atoms with Crippen LogP contribution in [0.3, 0.4) is 0 Å². The fraction of sp³-hybridized carbons (Fsp3) is 0.350. The van der Waals surface area contributed by atoms with Gasteiger partial charge < -0.3 is 33.4 Å². The number of nitrogens with zero attached hydrogens (tertiary/aromatic N) is 2. The predicted molar refractivity (Wildman–Crippen MR) is 111 cm³/mol. The van der Waals surface area contributed by atoms with Crippen molar-refractivity contribution in [1.82, 2.24) is 9.55 Å². The van der Waals surface area contributed by atoms with Crippen LogP contribution in [-0.4, -0.2) is 50.2 Å². The Balaban J connectivity index is 2.29. The van der Waals surface area contributed by atoms with Crippen molar-refractivity contribution in [1.29, 1.82) is 0 Å². The van der Waals surface area contributed by atoms with Gasteiger partial charge in [0.15, 0.2) is 23.0 Å². The highest BCUT2D eigenvalue weighted by Gasteiger charge is 2.26. The molecule has 1 atom stereocenters. The summed E-state index contributed by atoms with van der Waals surface area (Å²) in [5.41, 5.74) is 2.07. The summed E-state index contributed by atoms with van der Waals surface area (Å²) in [6.07, 6.45) is 0.788. The highest BCUT2D eigenvalue weighted by Crippen LogP contribution is 2.49. The van der Waals surface area contributed by atoms with E-state index in [9.17, 15) is 5.11 Å². The fourth-order valence-corrected chi connectivity index (χ4v) is 4.16. The molecule has 0 aliphatic heterocycles. The Morgan fingerprint density at radius 1 is 0.897 bits per heavy atom. The highest BCUT2D eigenvalue weighted by molar-refractivity contribution is 7.14. The van der Waals surface area contributed by atoms with Crippen LogP contribution in [0.15, 0.2) is 23.8 Å². The number of benzene rings is 1. The lowest BCUT2D eigenvalue weighted by Gasteiger charge is -2.16. The van der Waals surface area contributed by atoms with Crippen molar-refractivity contribution in [2.75, 3.05) is 35.5 Å². The van der Waals surface area contributed by atoms with E-state index in [0.717, 1.165) is 10.4 Å². The molecule has 0 spiro atoms. The molecule has 2 heterocycles. The van der Waals surface area contributed by atoms with Crippen molar-refractivity contribution in [3.63, 3.8) is 0 Å². The molecule has 29 heavy (non-hydrogen) atoms. The summed E-state index contributed by atoms with van der Waals surface area (Å²) < 4.78 is 29.0. The normalized spacial score (nSPS) is 11.8. The van der Waals surface area contributed by atoms with Gasteiger partial charge in [-0.1, -0.05) is 0 Å². The molecule has 1 unspecified atom stereocenters. The lowest BCUT2D eigenvalue weighted by Crippen LogP contribution is -2.04. The third-order valence-electron chi connectivity index (χ3n) is 4.49. The van der Waals surface area contributed by atoms with E-state index in [0.29, 0.717) is 40.1 Å². The number of methoxy groups -OCH3 is 5. The largest absolute Gasteiger partial charge is 0.493 e. The molecule has 1 N–H and O–H groups in total. The topological polar surface area (TPSA) is 84.2 Å². The molecule has 0 fully saturated rings. The van der Waals surface area contributed by atoms with Crippen LogP contribution in [0.2, 0.25) is 0 Å². The fourth-order valence-electron chi connectivity index (χ4n) is 3.13. The average Bonchev–Trinajstić information content (AvgIpc) is 3.35. The molecule has 3 aromatic rings. The summed E-state index contributed by atoms with van der Waals surface area (Å²) in [4.78, 5) is 5.35. The number of aliphatic hydroxyl groups is 1. The van der Waals surface area contributed by atoms with Crippen molar-refractivity contribution in [2.24, 2.45) is 0 Å². The van der Waals surface area contributed by atoms with E-state index >= 15 is 0 Å².